The summed E-state index contributed by atoms with van der Waals surface area (Å²) in [5.41, 5.74) is 0. The number of nitrogens with zero attached hydrogens (tertiary/aromatic N) is 2. The molecule has 2 aromatic rings. The first-order chi connectivity index (χ1) is 8.99. The average molecular weight is 291 g/mol. The van der Waals surface area contributed by atoms with Crippen LogP contribution in [0.2, 0.25) is 0 Å². The molecule has 19 heavy (non-hydrogen) atoms. The average Bonchev–Trinajstić information content (AvgIpc) is 2.81. The molecule has 0 bridgehead atoms. The van der Waals surface area contributed by atoms with Crippen molar-refractivity contribution in [3.8, 4) is 5.88 Å². The molecule has 2 rings (SSSR count). The quantitative estimate of drug-likeness (QED) is 0.857. The van der Waals surface area contributed by atoms with E-state index in [-0.39, 0.29) is 13.0 Å². The van der Waals surface area contributed by atoms with E-state index >= 15 is 0 Å². The molecule has 8 heteroatoms. The third-order valence-corrected chi connectivity index (χ3v) is 3.16. The normalized spacial score (nSPS) is 11.8. The molecule has 0 spiro atoms. The summed E-state index contributed by atoms with van der Waals surface area (Å²) in [4.78, 5) is 9.07. The van der Waals surface area contributed by atoms with Gasteiger partial charge >= 0.3 is 6.18 Å². The summed E-state index contributed by atoms with van der Waals surface area (Å²) in [7, 11) is 1.67. The molecule has 0 unspecified atom stereocenters. The number of ether oxygens (including phenoxy) is 1. The van der Waals surface area contributed by atoms with Crippen LogP contribution >= 0.6 is 11.3 Å². The Morgan fingerprint density at radius 3 is 2.84 bits per heavy atom. The Morgan fingerprint density at radius 2 is 2.16 bits per heavy atom. The van der Waals surface area contributed by atoms with Gasteiger partial charge < -0.3 is 10.1 Å². The van der Waals surface area contributed by atoms with Crippen molar-refractivity contribution in [1.29, 1.82) is 0 Å². The minimum Gasteiger partial charge on any atom is -0.477 e. The van der Waals surface area contributed by atoms with Gasteiger partial charge in [-0.05, 0) is 17.9 Å². The maximum Gasteiger partial charge on any atom is 0.389 e. The molecule has 2 heterocycles. The predicted molar refractivity (Wildman–Crippen MR) is 67.7 cm³/mol. The van der Waals surface area contributed by atoms with Gasteiger partial charge in [-0.25, -0.2) is 4.98 Å². The van der Waals surface area contributed by atoms with Crippen LogP contribution in [0, 0.1) is 0 Å². The smallest absolute Gasteiger partial charge is 0.389 e. The molecule has 0 saturated carbocycles. The Labute approximate surface area is 111 Å². The molecule has 0 amide bonds. The monoisotopic (exact) mass is 291 g/mol. The van der Waals surface area contributed by atoms with Crippen molar-refractivity contribution in [1.82, 2.24) is 9.97 Å². The number of hydrogen-bond acceptors (Lipinski definition) is 5. The van der Waals surface area contributed by atoms with Crippen LogP contribution in [0.4, 0.5) is 19.1 Å². The second kappa shape index (κ2) is 5.60. The maximum atomic E-state index is 12.0. The highest BCUT2D eigenvalue weighted by atomic mass is 32.1. The fourth-order valence-corrected chi connectivity index (χ4v) is 2.25. The molecule has 0 aliphatic heterocycles. The summed E-state index contributed by atoms with van der Waals surface area (Å²) >= 11 is 1.42. The van der Waals surface area contributed by atoms with Gasteiger partial charge in [0.2, 0.25) is 11.8 Å². The molecule has 1 N–H and O–H groups in total. The maximum absolute atomic E-state index is 12.0. The van der Waals surface area contributed by atoms with Crippen LogP contribution in [0.15, 0.2) is 11.4 Å². The summed E-state index contributed by atoms with van der Waals surface area (Å²) in [6.45, 7) is -0.0232. The number of rotatable bonds is 5. The van der Waals surface area contributed by atoms with Crippen molar-refractivity contribution in [2.75, 3.05) is 19.0 Å². The summed E-state index contributed by atoms with van der Waals surface area (Å²) in [5, 5.41) is 5.34. The Hall–Kier alpha value is -1.57. The fraction of sp³-hybridized carbons (Fsp3) is 0.455. The van der Waals surface area contributed by atoms with Crippen LogP contribution in [0.5, 0.6) is 5.88 Å². The van der Waals surface area contributed by atoms with Gasteiger partial charge in [0, 0.05) is 13.5 Å². The predicted octanol–water partition coefficient (Wildman–Crippen LogP) is 3.45. The van der Waals surface area contributed by atoms with Crippen molar-refractivity contribution in [2.45, 2.75) is 19.0 Å². The number of aromatic nitrogens is 2. The molecule has 0 fully saturated rings. The topological polar surface area (TPSA) is 47.0 Å². The summed E-state index contributed by atoms with van der Waals surface area (Å²) < 4.78 is 41.4. The zero-order chi connectivity index (χ0) is 13.9. The van der Waals surface area contributed by atoms with Crippen molar-refractivity contribution in [3.05, 3.63) is 11.4 Å². The second-order valence-electron chi connectivity index (χ2n) is 3.81. The zero-order valence-corrected chi connectivity index (χ0v) is 10.9. The van der Waals surface area contributed by atoms with Gasteiger partial charge in [0.15, 0.2) is 0 Å². The van der Waals surface area contributed by atoms with Crippen LogP contribution < -0.4 is 10.1 Å². The van der Waals surface area contributed by atoms with Crippen LogP contribution in [0.1, 0.15) is 12.8 Å². The van der Waals surface area contributed by atoms with E-state index in [2.05, 4.69) is 15.3 Å². The third kappa shape index (κ3) is 3.69. The van der Waals surface area contributed by atoms with Crippen molar-refractivity contribution >= 4 is 27.5 Å². The minimum atomic E-state index is -4.15. The Kier molecular flexibility index (Phi) is 4.08. The number of anilines is 1. The number of halogens is 3. The van der Waals surface area contributed by atoms with Crippen LogP contribution in [0.25, 0.3) is 10.2 Å². The second-order valence-corrected chi connectivity index (χ2v) is 4.70. The molecule has 0 radical (unpaired) electrons. The number of fused-ring (bicyclic) bond motifs is 1. The van der Waals surface area contributed by atoms with E-state index in [0.29, 0.717) is 11.8 Å². The lowest BCUT2D eigenvalue weighted by atomic mass is 10.3. The summed E-state index contributed by atoms with van der Waals surface area (Å²) in [6.07, 6.45) is -5.10. The van der Waals surface area contributed by atoms with E-state index in [0.717, 1.165) is 10.2 Å². The van der Waals surface area contributed by atoms with E-state index in [1.165, 1.54) is 11.3 Å². The highest BCUT2D eigenvalue weighted by molar-refractivity contribution is 7.16. The molecule has 0 aliphatic rings. The Bertz CT molecular complexity index is 556. The summed E-state index contributed by atoms with van der Waals surface area (Å²) in [5.74, 6) is 0.707. The highest BCUT2D eigenvalue weighted by Crippen LogP contribution is 2.28. The van der Waals surface area contributed by atoms with Crippen LogP contribution in [-0.2, 0) is 0 Å². The minimum absolute atomic E-state index is 0.0232. The molecule has 4 nitrogen and oxygen atoms in total. The molecule has 0 atom stereocenters. The number of nitrogens with one attached hydrogen (secondary N) is 1. The van der Waals surface area contributed by atoms with E-state index in [4.69, 9.17) is 4.74 Å². The molecular formula is C11H12F3N3OS. The number of thiophene rings is 1. The van der Waals surface area contributed by atoms with E-state index in [1.54, 1.807) is 13.1 Å². The van der Waals surface area contributed by atoms with Gasteiger partial charge in [-0.3, -0.25) is 0 Å². The largest absolute Gasteiger partial charge is 0.477 e. The van der Waals surface area contributed by atoms with Gasteiger partial charge in [-0.1, -0.05) is 0 Å². The lowest BCUT2D eigenvalue weighted by molar-refractivity contribution is -0.136. The molecule has 104 valence electrons. The lowest BCUT2D eigenvalue weighted by Gasteiger charge is -2.09. The van der Waals surface area contributed by atoms with Crippen molar-refractivity contribution in [2.24, 2.45) is 0 Å². The van der Waals surface area contributed by atoms with Gasteiger partial charge in [0.1, 0.15) is 4.83 Å². The van der Waals surface area contributed by atoms with Gasteiger partial charge in [0.25, 0.3) is 0 Å². The molecular weight excluding hydrogens is 279 g/mol. The van der Waals surface area contributed by atoms with Crippen LogP contribution in [-0.4, -0.2) is 29.8 Å². The van der Waals surface area contributed by atoms with E-state index in [1.807, 2.05) is 5.38 Å². The Morgan fingerprint density at radius 1 is 1.37 bits per heavy atom. The third-order valence-electron chi connectivity index (χ3n) is 2.36. The first kappa shape index (κ1) is 13.9. The van der Waals surface area contributed by atoms with E-state index in [9.17, 15) is 13.2 Å². The fourth-order valence-electron chi connectivity index (χ4n) is 1.49. The Balaban J connectivity index is 2.05. The SMILES string of the molecule is CNc1nc(OCCCC(F)(F)F)c2ccsc2n1. The molecule has 0 saturated heterocycles. The van der Waals surface area contributed by atoms with E-state index < -0.39 is 12.6 Å². The van der Waals surface area contributed by atoms with Gasteiger partial charge in [0.05, 0.1) is 12.0 Å². The lowest BCUT2D eigenvalue weighted by Crippen LogP contribution is -2.10. The molecule has 0 aliphatic carbocycles. The first-order valence-electron chi connectivity index (χ1n) is 5.62. The number of hydrogen-bond donors (Lipinski definition) is 1. The first-order valence-corrected chi connectivity index (χ1v) is 6.50. The van der Waals surface area contributed by atoms with Crippen molar-refractivity contribution < 1.29 is 17.9 Å². The van der Waals surface area contributed by atoms with Crippen LogP contribution in [0.3, 0.4) is 0 Å². The number of alkyl halides is 3. The zero-order valence-electron chi connectivity index (χ0n) is 10.1. The highest BCUT2D eigenvalue weighted by Gasteiger charge is 2.26. The molecule has 2 aromatic heterocycles. The summed E-state index contributed by atoms with van der Waals surface area (Å²) in [6, 6.07) is 1.79. The van der Waals surface area contributed by atoms with Gasteiger partial charge in [-0.2, -0.15) is 18.2 Å². The van der Waals surface area contributed by atoms with Gasteiger partial charge in [-0.15, -0.1) is 11.3 Å². The standard InChI is InChI=1S/C11H12F3N3OS/c1-15-10-16-8(7-3-6-19-9(7)17-10)18-5-2-4-11(12,13)14/h3,6H,2,4-5H2,1H3,(H,15,16,17). The molecule has 0 aromatic carbocycles. The van der Waals surface area contributed by atoms with Crippen molar-refractivity contribution in [3.63, 3.8) is 0 Å².